The molecule has 4 aromatic rings. The Morgan fingerprint density at radius 1 is 1.02 bits per heavy atom. The number of thiophene rings is 1. The third-order valence-electron chi connectivity index (χ3n) is 7.04. The Bertz CT molecular complexity index is 1510. The van der Waals surface area contributed by atoms with Crippen molar-refractivity contribution in [2.75, 3.05) is 36.0 Å². The van der Waals surface area contributed by atoms with Crippen LogP contribution in [0.15, 0.2) is 73.2 Å². The molecule has 0 saturated carbocycles. The van der Waals surface area contributed by atoms with Gasteiger partial charge in [0.25, 0.3) is 5.91 Å². The van der Waals surface area contributed by atoms with Crippen molar-refractivity contribution in [1.82, 2.24) is 14.5 Å². The summed E-state index contributed by atoms with van der Waals surface area (Å²) in [6.07, 6.45) is 3.94. The number of amides is 2. The van der Waals surface area contributed by atoms with E-state index in [-0.39, 0.29) is 11.8 Å². The van der Waals surface area contributed by atoms with Gasteiger partial charge in [0.15, 0.2) is 0 Å². The Balaban J connectivity index is 1.25. The van der Waals surface area contributed by atoms with Gasteiger partial charge >= 0.3 is 0 Å². The van der Waals surface area contributed by atoms with Crippen LogP contribution >= 0.6 is 22.9 Å². The molecule has 1 fully saturated rings. The van der Waals surface area contributed by atoms with Crippen molar-refractivity contribution in [3.05, 3.63) is 99.2 Å². The molecule has 2 aromatic heterocycles. The van der Waals surface area contributed by atoms with Gasteiger partial charge in [-0.25, -0.2) is 4.98 Å². The van der Waals surface area contributed by atoms with E-state index in [1.54, 1.807) is 41.7 Å². The van der Waals surface area contributed by atoms with E-state index in [2.05, 4.69) is 16.0 Å². The SMILES string of the molecule is CCC(=O)N(Cc1cncn1Cc1ccc(C#N)cc1)c1ccc(N2CCN(C(=O)c3ccc(Cl)s3)CC2)cc1. The monoisotopic (exact) mass is 572 g/mol. The van der Waals surface area contributed by atoms with Crippen molar-refractivity contribution in [2.45, 2.75) is 26.4 Å². The second-order valence-electron chi connectivity index (χ2n) is 9.55. The number of nitrogens with zero attached hydrogens (tertiary/aromatic N) is 6. The first kappa shape index (κ1) is 27.4. The summed E-state index contributed by atoms with van der Waals surface area (Å²) in [4.78, 5) is 36.7. The van der Waals surface area contributed by atoms with Gasteiger partial charge < -0.3 is 19.3 Å². The summed E-state index contributed by atoms with van der Waals surface area (Å²) < 4.78 is 2.64. The van der Waals surface area contributed by atoms with Crippen LogP contribution in [0.2, 0.25) is 4.34 Å². The van der Waals surface area contributed by atoms with Crippen molar-refractivity contribution >= 4 is 46.1 Å². The molecule has 1 saturated heterocycles. The molecule has 0 unspecified atom stereocenters. The summed E-state index contributed by atoms with van der Waals surface area (Å²) >= 11 is 7.31. The number of carbonyl (C=O) groups excluding carboxylic acids is 2. The molecule has 0 radical (unpaired) electrons. The van der Waals surface area contributed by atoms with Gasteiger partial charge in [-0.2, -0.15) is 5.26 Å². The van der Waals surface area contributed by atoms with Crippen LogP contribution in [0.25, 0.3) is 0 Å². The highest BCUT2D eigenvalue weighted by molar-refractivity contribution is 7.17. The number of anilines is 2. The van der Waals surface area contributed by atoms with E-state index in [0.29, 0.717) is 47.4 Å². The lowest BCUT2D eigenvalue weighted by Gasteiger charge is -2.36. The van der Waals surface area contributed by atoms with Crippen LogP contribution < -0.4 is 9.80 Å². The number of nitriles is 1. The Hall–Kier alpha value is -4.13. The molecular formula is C30H29ClN6O2S. The van der Waals surface area contributed by atoms with Crippen molar-refractivity contribution in [2.24, 2.45) is 0 Å². The Labute approximate surface area is 242 Å². The molecule has 10 heteroatoms. The molecule has 0 N–H and O–H groups in total. The molecule has 1 aliphatic rings. The van der Waals surface area contributed by atoms with Gasteiger partial charge in [-0.3, -0.25) is 9.59 Å². The molecule has 5 rings (SSSR count). The van der Waals surface area contributed by atoms with Crippen molar-refractivity contribution in [3.8, 4) is 6.07 Å². The maximum absolute atomic E-state index is 13.0. The summed E-state index contributed by atoms with van der Waals surface area (Å²) in [7, 11) is 0. The quantitative estimate of drug-likeness (QED) is 0.281. The van der Waals surface area contributed by atoms with Crippen LogP contribution in [-0.2, 0) is 17.9 Å². The van der Waals surface area contributed by atoms with Gasteiger partial charge in [-0.1, -0.05) is 30.7 Å². The summed E-state index contributed by atoms with van der Waals surface area (Å²) in [6.45, 7) is 5.60. The average Bonchev–Trinajstić information content (AvgIpc) is 3.64. The van der Waals surface area contributed by atoms with E-state index < -0.39 is 0 Å². The van der Waals surface area contributed by atoms with Crippen LogP contribution in [0.4, 0.5) is 11.4 Å². The largest absolute Gasteiger partial charge is 0.368 e. The number of piperazine rings is 1. The molecular weight excluding hydrogens is 544 g/mol. The topological polar surface area (TPSA) is 85.5 Å². The minimum Gasteiger partial charge on any atom is -0.368 e. The maximum atomic E-state index is 13.0. The normalized spacial score (nSPS) is 13.2. The Kier molecular flexibility index (Phi) is 8.48. The number of aromatic nitrogens is 2. The van der Waals surface area contributed by atoms with E-state index in [4.69, 9.17) is 16.9 Å². The van der Waals surface area contributed by atoms with Crippen molar-refractivity contribution in [3.63, 3.8) is 0 Å². The third kappa shape index (κ3) is 6.19. The number of carbonyl (C=O) groups is 2. The van der Waals surface area contributed by atoms with Gasteiger partial charge in [-0.05, 0) is 54.1 Å². The predicted molar refractivity (Wildman–Crippen MR) is 158 cm³/mol. The zero-order valence-corrected chi connectivity index (χ0v) is 23.7. The molecule has 204 valence electrons. The summed E-state index contributed by atoms with van der Waals surface area (Å²) in [5.41, 5.74) is 4.48. The maximum Gasteiger partial charge on any atom is 0.264 e. The van der Waals surface area contributed by atoms with Crippen LogP contribution in [0.5, 0.6) is 0 Å². The second kappa shape index (κ2) is 12.4. The molecule has 0 bridgehead atoms. The fraction of sp³-hybridized carbons (Fsp3) is 0.267. The summed E-state index contributed by atoms with van der Waals surface area (Å²) in [5, 5.41) is 9.05. The minimum absolute atomic E-state index is 0.0269. The summed E-state index contributed by atoms with van der Waals surface area (Å²) in [5.74, 6) is 0.0544. The lowest BCUT2D eigenvalue weighted by Crippen LogP contribution is -2.48. The molecule has 3 heterocycles. The lowest BCUT2D eigenvalue weighted by atomic mass is 10.1. The highest BCUT2D eigenvalue weighted by atomic mass is 35.5. The van der Waals surface area contributed by atoms with E-state index in [1.807, 2.05) is 52.8 Å². The Morgan fingerprint density at radius 2 is 1.75 bits per heavy atom. The van der Waals surface area contributed by atoms with Crippen molar-refractivity contribution in [1.29, 1.82) is 5.26 Å². The third-order valence-corrected chi connectivity index (χ3v) is 8.25. The molecule has 0 atom stereocenters. The molecule has 1 aliphatic heterocycles. The first-order valence-electron chi connectivity index (χ1n) is 13.1. The van der Waals surface area contributed by atoms with Gasteiger partial charge in [0.2, 0.25) is 5.91 Å². The fourth-order valence-corrected chi connectivity index (χ4v) is 5.79. The van der Waals surface area contributed by atoms with Crippen LogP contribution in [0, 0.1) is 11.3 Å². The molecule has 40 heavy (non-hydrogen) atoms. The zero-order chi connectivity index (χ0) is 28.1. The average molecular weight is 573 g/mol. The number of imidazole rings is 1. The first-order chi connectivity index (χ1) is 19.4. The first-order valence-corrected chi connectivity index (χ1v) is 14.3. The molecule has 0 spiro atoms. The van der Waals surface area contributed by atoms with Crippen LogP contribution in [0.3, 0.4) is 0 Å². The molecule has 2 aromatic carbocycles. The van der Waals surface area contributed by atoms with Gasteiger partial charge in [0.1, 0.15) is 0 Å². The summed E-state index contributed by atoms with van der Waals surface area (Å²) in [6, 6.07) is 21.2. The standard InChI is InChI=1S/C30H29ClN6O2S/c1-2-29(38)37(20-26-18-33-21-36(26)19-23-5-3-22(17-32)4-6-23)25-9-7-24(8-10-25)34-13-15-35(16-14-34)30(39)27-11-12-28(31)40-27/h3-12,18,21H,2,13-16,19-20H2,1H3. The predicted octanol–water partition coefficient (Wildman–Crippen LogP) is 5.42. The van der Waals surface area contributed by atoms with Crippen LogP contribution in [0.1, 0.15) is 39.8 Å². The zero-order valence-electron chi connectivity index (χ0n) is 22.2. The number of benzene rings is 2. The van der Waals surface area contributed by atoms with E-state index >= 15 is 0 Å². The molecule has 8 nitrogen and oxygen atoms in total. The van der Waals surface area contributed by atoms with Gasteiger partial charge in [0, 0.05) is 56.7 Å². The lowest BCUT2D eigenvalue weighted by molar-refractivity contribution is -0.118. The highest BCUT2D eigenvalue weighted by Gasteiger charge is 2.24. The fourth-order valence-electron chi connectivity index (χ4n) is 4.78. The van der Waals surface area contributed by atoms with E-state index in [1.165, 1.54) is 11.3 Å². The van der Waals surface area contributed by atoms with Gasteiger partial charge in [0.05, 0.1) is 39.4 Å². The second-order valence-corrected chi connectivity index (χ2v) is 11.3. The molecule has 0 aliphatic carbocycles. The van der Waals surface area contributed by atoms with E-state index in [9.17, 15) is 9.59 Å². The number of rotatable bonds is 8. The highest BCUT2D eigenvalue weighted by Crippen LogP contribution is 2.26. The van der Waals surface area contributed by atoms with Crippen LogP contribution in [-0.4, -0.2) is 52.4 Å². The Morgan fingerprint density at radius 3 is 2.38 bits per heavy atom. The van der Waals surface area contributed by atoms with Gasteiger partial charge in [-0.15, -0.1) is 11.3 Å². The van der Waals surface area contributed by atoms with E-state index in [0.717, 1.165) is 35.7 Å². The molecule has 2 amide bonds. The number of hydrogen-bond acceptors (Lipinski definition) is 6. The van der Waals surface area contributed by atoms with Crippen molar-refractivity contribution < 1.29 is 9.59 Å². The smallest absolute Gasteiger partial charge is 0.264 e. The number of halogens is 1. The number of hydrogen-bond donors (Lipinski definition) is 0. The minimum atomic E-state index is 0.0269.